The van der Waals surface area contributed by atoms with Gasteiger partial charge in [-0.3, -0.25) is 19.3 Å². The smallest absolute Gasteiger partial charge is 0.271 e. The standard InChI is InChI=1S/C17H11ClN4O2S2/c1-9-13(10-2-4-11(18)5-3-10)20-16(26-9)21-14(23)12-8-19-17-22(15(12)24)6-7-25-17/h2-8H,1H3,(H,20,21,23). The average Bonchev–Trinajstić information content (AvgIpc) is 3.23. The predicted molar refractivity (Wildman–Crippen MR) is 105 cm³/mol. The molecule has 4 rings (SSSR count). The van der Waals surface area contributed by atoms with Gasteiger partial charge >= 0.3 is 0 Å². The SMILES string of the molecule is Cc1sc(NC(=O)c2cnc3sccn3c2=O)nc1-c1ccc(Cl)cc1. The summed E-state index contributed by atoms with van der Waals surface area (Å²) in [5.41, 5.74) is 1.25. The summed E-state index contributed by atoms with van der Waals surface area (Å²) in [5, 5.41) is 5.50. The molecule has 0 spiro atoms. The number of rotatable bonds is 3. The maximum absolute atomic E-state index is 12.5. The van der Waals surface area contributed by atoms with Crippen LogP contribution in [-0.4, -0.2) is 20.3 Å². The molecule has 0 unspecified atom stereocenters. The minimum absolute atomic E-state index is 0.0261. The van der Waals surface area contributed by atoms with Crippen LogP contribution < -0.4 is 10.9 Å². The molecule has 0 bridgehead atoms. The monoisotopic (exact) mass is 402 g/mol. The van der Waals surface area contributed by atoms with Crippen LogP contribution in [-0.2, 0) is 0 Å². The molecule has 1 N–H and O–H groups in total. The molecule has 0 atom stereocenters. The third-order valence-electron chi connectivity index (χ3n) is 3.72. The Hall–Kier alpha value is -2.55. The van der Waals surface area contributed by atoms with Crippen molar-refractivity contribution >= 4 is 50.3 Å². The van der Waals surface area contributed by atoms with Gasteiger partial charge in [0.2, 0.25) is 0 Å². The van der Waals surface area contributed by atoms with Crippen LogP contribution in [0.5, 0.6) is 0 Å². The van der Waals surface area contributed by atoms with E-state index >= 15 is 0 Å². The summed E-state index contributed by atoms with van der Waals surface area (Å²) >= 11 is 8.59. The van der Waals surface area contributed by atoms with E-state index in [4.69, 9.17) is 11.6 Å². The molecular formula is C17H11ClN4O2S2. The fourth-order valence-corrected chi connectivity index (χ4v) is 4.10. The minimum Gasteiger partial charge on any atom is -0.298 e. The number of hydrogen-bond donors (Lipinski definition) is 1. The number of halogens is 1. The van der Waals surface area contributed by atoms with Gasteiger partial charge < -0.3 is 0 Å². The Kier molecular flexibility index (Phi) is 4.31. The lowest BCUT2D eigenvalue weighted by atomic mass is 10.1. The molecule has 6 nitrogen and oxygen atoms in total. The van der Waals surface area contributed by atoms with E-state index in [0.29, 0.717) is 15.1 Å². The Morgan fingerprint density at radius 2 is 2.04 bits per heavy atom. The summed E-state index contributed by atoms with van der Waals surface area (Å²) < 4.78 is 1.35. The van der Waals surface area contributed by atoms with Gasteiger partial charge in [0, 0.05) is 33.2 Å². The second-order valence-corrected chi connectivity index (χ2v) is 7.93. The van der Waals surface area contributed by atoms with Gasteiger partial charge in [0.05, 0.1) is 5.69 Å². The molecule has 0 fully saturated rings. The van der Waals surface area contributed by atoms with E-state index in [9.17, 15) is 9.59 Å². The second-order valence-electron chi connectivity index (χ2n) is 5.42. The van der Waals surface area contributed by atoms with E-state index in [1.54, 1.807) is 23.7 Å². The maximum Gasteiger partial charge on any atom is 0.271 e. The van der Waals surface area contributed by atoms with E-state index in [-0.39, 0.29) is 5.56 Å². The second kappa shape index (κ2) is 6.64. The van der Waals surface area contributed by atoms with Crippen molar-refractivity contribution in [1.29, 1.82) is 0 Å². The molecule has 0 aliphatic heterocycles. The quantitative estimate of drug-likeness (QED) is 0.559. The molecule has 26 heavy (non-hydrogen) atoms. The van der Waals surface area contributed by atoms with Crippen LogP contribution in [0, 0.1) is 6.92 Å². The number of aryl methyl sites for hydroxylation is 1. The molecular weight excluding hydrogens is 392 g/mol. The molecule has 3 aromatic heterocycles. The summed E-state index contributed by atoms with van der Waals surface area (Å²) in [6.45, 7) is 1.92. The van der Waals surface area contributed by atoms with Crippen molar-refractivity contribution in [3.63, 3.8) is 0 Å². The van der Waals surface area contributed by atoms with Crippen LogP contribution >= 0.6 is 34.3 Å². The van der Waals surface area contributed by atoms with E-state index < -0.39 is 11.5 Å². The van der Waals surface area contributed by atoms with Crippen molar-refractivity contribution in [2.45, 2.75) is 6.92 Å². The lowest BCUT2D eigenvalue weighted by Gasteiger charge is -2.01. The van der Waals surface area contributed by atoms with Gasteiger partial charge in [-0.1, -0.05) is 23.7 Å². The number of benzene rings is 1. The Labute approximate surface area is 160 Å². The van der Waals surface area contributed by atoms with Gasteiger partial charge in [-0.15, -0.1) is 22.7 Å². The first kappa shape index (κ1) is 16.9. The van der Waals surface area contributed by atoms with Gasteiger partial charge in [0.25, 0.3) is 11.5 Å². The molecule has 9 heteroatoms. The molecule has 0 aliphatic carbocycles. The van der Waals surface area contributed by atoms with Gasteiger partial charge in [0.1, 0.15) is 5.56 Å². The first-order valence-corrected chi connectivity index (χ1v) is 9.60. The lowest BCUT2D eigenvalue weighted by Crippen LogP contribution is -2.25. The highest BCUT2D eigenvalue weighted by molar-refractivity contribution is 7.16. The highest BCUT2D eigenvalue weighted by Gasteiger charge is 2.17. The predicted octanol–water partition coefficient (Wildman–Crippen LogP) is 4.09. The summed E-state index contributed by atoms with van der Waals surface area (Å²) in [5.74, 6) is -0.528. The Balaban J connectivity index is 1.63. The topological polar surface area (TPSA) is 76.4 Å². The van der Waals surface area contributed by atoms with Crippen LogP contribution in [0.15, 0.2) is 46.8 Å². The highest BCUT2D eigenvalue weighted by atomic mass is 35.5. The van der Waals surface area contributed by atoms with Crippen molar-refractivity contribution in [2.24, 2.45) is 0 Å². The number of carbonyl (C=O) groups excluding carboxylic acids is 1. The number of nitrogens with zero attached hydrogens (tertiary/aromatic N) is 3. The lowest BCUT2D eigenvalue weighted by molar-refractivity contribution is 0.102. The average molecular weight is 403 g/mol. The van der Waals surface area contributed by atoms with Crippen molar-refractivity contribution < 1.29 is 4.79 Å². The molecule has 0 saturated heterocycles. The van der Waals surface area contributed by atoms with Crippen LogP contribution in [0.25, 0.3) is 16.2 Å². The largest absolute Gasteiger partial charge is 0.298 e. The van der Waals surface area contributed by atoms with Crippen molar-refractivity contribution in [3.05, 3.63) is 67.9 Å². The number of aromatic nitrogens is 3. The van der Waals surface area contributed by atoms with E-state index in [1.807, 2.05) is 19.1 Å². The number of fused-ring (bicyclic) bond motifs is 1. The van der Waals surface area contributed by atoms with Crippen molar-refractivity contribution in [1.82, 2.24) is 14.4 Å². The van der Waals surface area contributed by atoms with E-state index in [0.717, 1.165) is 16.1 Å². The first-order chi connectivity index (χ1) is 12.5. The maximum atomic E-state index is 12.5. The normalized spacial score (nSPS) is 11.0. The number of anilines is 1. The van der Waals surface area contributed by atoms with Gasteiger partial charge in [-0.2, -0.15) is 0 Å². The molecule has 0 saturated carbocycles. The van der Waals surface area contributed by atoms with Crippen LogP contribution in [0.3, 0.4) is 0 Å². The Morgan fingerprint density at radius 1 is 1.27 bits per heavy atom. The summed E-state index contributed by atoms with van der Waals surface area (Å²) in [4.78, 5) is 35.0. The zero-order valence-electron chi connectivity index (χ0n) is 13.4. The molecule has 4 aromatic rings. The van der Waals surface area contributed by atoms with Crippen LogP contribution in [0.1, 0.15) is 15.2 Å². The van der Waals surface area contributed by atoms with Gasteiger partial charge in [0.15, 0.2) is 10.1 Å². The highest BCUT2D eigenvalue weighted by Crippen LogP contribution is 2.31. The zero-order chi connectivity index (χ0) is 18.3. The Morgan fingerprint density at radius 3 is 2.81 bits per heavy atom. The third-order valence-corrected chi connectivity index (χ3v) is 5.63. The summed E-state index contributed by atoms with van der Waals surface area (Å²) in [7, 11) is 0. The number of hydrogen-bond acceptors (Lipinski definition) is 6. The summed E-state index contributed by atoms with van der Waals surface area (Å²) in [6, 6.07) is 7.32. The van der Waals surface area contributed by atoms with Crippen molar-refractivity contribution in [2.75, 3.05) is 5.32 Å². The number of carbonyl (C=O) groups is 1. The molecule has 3 heterocycles. The van der Waals surface area contributed by atoms with E-state index in [1.165, 1.54) is 33.3 Å². The molecule has 0 aliphatic rings. The zero-order valence-corrected chi connectivity index (χ0v) is 15.8. The molecule has 1 aromatic carbocycles. The van der Waals surface area contributed by atoms with Gasteiger partial charge in [-0.05, 0) is 19.1 Å². The van der Waals surface area contributed by atoms with E-state index in [2.05, 4.69) is 15.3 Å². The summed E-state index contributed by atoms with van der Waals surface area (Å²) in [6.07, 6.45) is 2.89. The number of thiazole rings is 2. The number of amides is 1. The number of nitrogens with one attached hydrogen (secondary N) is 1. The molecule has 130 valence electrons. The van der Waals surface area contributed by atoms with Crippen molar-refractivity contribution in [3.8, 4) is 11.3 Å². The first-order valence-electron chi connectivity index (χ1n) is 7.52. The molecule has 1 amide bonds. The van der Waals surface area contributed by atoms with Gasteiger partial charge in [-0.25, -0.2) is 9.97 Å². The Bertz CT molecular complexity index is 1180. The third kappa shape index (κ3) is 3.03. The fourth-order valence-electron chi connectivity index (χ4n) is 2.47. The molecule has 0 radical (unpaired) electrons. The fraction of sp³-hybridized carbons (Fsp3) is 0.0588. The minimum atomic E-state index is -0.528. The van der Waals surface area contributed by atoms with Crippen LogP contribution in [0.4, 0.5) is 5.13 Å². The van der Waals surface area contributed by atoms with Crippen LogP contribution in [0.2, 0.25) is 5.02 Å².